The Morgan fingerprint density at radius 2 is 1.93 bits per heavy atom. The number of hydrogen-bond acceptors (Lipinski definition) is 0. The lowest BCUT2D eigenvalue weighted by Crippen LogP contribution is -2.34. The van der Waals surface area contributed by atoms with Gasteiger partial charge in [-0.25, -0.2) is 0 Å². The van der Waals surface area contributed by atoms with Crippen LogP contribution in [-0.2, 0) is 0 Å². The number of rotatable bonds is 2. The van der Waals surface area contributed by atoms with Crippen LogP contribution in [0.2, 0.25) is 12.6 Å². The maximum atomic E-state index is 6.28. The number of hydrogen-bond donors (Lipinski definition) is 0. The largest absolute Gasteiger partial charge is 0.248 e. The van der Waals surface area contributed by atoms with Crippen LogP contribution in [0.4, 0.5) is 0 Å². The van der Waals surface area contributed by atoms with E-state index in [1.807, 2.05) is 0 Å². The molecule has 14 heavy (non-hydrogen) atoms. The third-order valence-corrected chi connectivity index (χ3v) is 6.71. The van der Waals surface area contributed by atoms with Crippen LogP contribution < -0.4 is 0 Å². The second-order valence-electron chi connectivity index (χ2n) is 5.97. The Labute approximate surface area is 97.8 Å². The first-order chi connectivity index (χ1) is 6.31. The Hall–Kier alpha value is 0.797. The van der Waals surface area contributed by atoms with Crippen LogP contribution >= 0.6 is 22.2 Å². The molecule has 0 unspecified atom stereocenters. The molecule has 0 nitrogen and oxygen atoms in total. The molecule has 2 rings (SSSR count). The minimum atomic E-state index is -1.90. The Balaban J connectivity index is 2.12. The van der Waals surface area contributed by atoms with Crippen LogP contribution in [0.5, 0.6) is 0 Å². The zero-order valence-corrected chi connectivity index (χ0v) is 11.8. The van der Waals surface area contributed by atoms with Crippen molar-refractivity contribution in [3.63, 3.8) is 0 Å². The van der Waals surface area contributed by atoms with Gasteiger partial charge in [-0.1, -0.05) is 13.8 Å². The molecular formula is C11H20Cl2Si. The summed E-state index contributed by atoms with van der Waals surface area (Å²) < 4.78 is 0. The fourth-order valence-corrected chi connectivity index (χ4v) is 6.41. The van der Waals surface area contributed by atoms with Crippen LogP contribution in [0.15, 0.2) is 0 Å². The van der Waals surface area contributed by atoms with Gasteiger partial charge in [0.2, 0.25) is 6.69 Å². The summed E-state index contributed by atoms with van der Waals surface area (Å²) in [5, 5.41) is 0. The van der Waals surface area contributed by atoms with Crippen molar-refractivity contribution in [2.45, 2.75) is 45.7 Å². The molecule has 3 atom stereocenters. The summed E-state index contributed by atoms with van der Waals surface area (Å²) in [7, 11) is 0. The van der Waals surface area contributed by atoms with Gasteiger partial charge in [-0.2, -0.15) is 0 Å². The molecule has 0 aromatic heterocycles. The van der Waals surface area contributed by atoms with E-state index >= 15 is 0 Å². The first-order valence-electron chi connectivity index (χ1n) is 5.68. The molecule has 0 radical (unpaired) electrons. The Bertz CT molecular complexity index is 232. The highest BCUT2D eigenvalue weighted by Gasteiger charge is 2.53. The minimum absolute atomic E-state index is 0.501. The van der Waals surface area contributed by atoms with Gasteiger partial charge in [-0.15, -0.1) is 22.2 Å². The molecule has 0 aromatic rings. The molecule has 0 heterocycles. The van der Waals surface area contributed by atoms with Gasteiger partial charge in [0.25, 0.3) is 0 Å². The van der Waals surface area contributed by atoms with Crippen molar-refractivity contribution in [1.29, 1.82) is 0 Å². The van der Waals surface area contributed by atoms with Crippen molar-refractivity contribution in [1.82, 2.24) is 0 Å². The topological polar surface area (TPSA) is 0 Å². The molecule has 0 amide bonds. The standard InChI is InChI=1S/C11H20Cl2Si/c1-11(2)9-5-4-8(6-9)10(11)7-14(3,12)13/h8-10H,4-7H2,1-3H3/t8-,9+,10+/m0/s1. The van der Waals surface area contributed by atoms with E-state index in [-0.39, 0.29) is 0 Å². The van der Waals surface area contributed by atoms with Crippen molar-refractivity contribution in [3.05, 3.63) is 0 Å². The summed E-state index contributed by atoms with van der Waals surface area (Å²) >= 11 is 12.6. The molecule has 2 bridgehead atoms. The van der Waals surface area contributed by atoms with Gasteiger partial charge in [0.1, 0.15) is 0 Å². The predicted octanol–water partition coefficient (Wildman–Crippen LogP) is 4.61. The average molecular weight is 251 g/mol. The van der Waals surface area contributed by atoms with Crippen LogP contribution in [0.25, 0.3) is 0 Å². The van der Waals surface area contributed by atoms with Crippen LogP contribution in [0.1, 0.15) is 33.1 Å². The van der Waals surface area contributed by atoms with Crippen molar-refractivity contribution < 1.29 is 0 Å². The highest BCUT2D eigenvalue weighted by atomic mass is 35.7. The molecule has 0 spiro atoms. The number of halogens is 2. The normalized spacial score (nSPS) is 40.5. The number of fused-ring (bicyclic) bond motifs is 2. The quantitative estimate of drug-likeness (QED) is 0.496. The molecule has 0 saturated heterocycles. The molecule has 0 N–H and O–H groups in total. The lowest BCUT2D eigenvalue weighted by atomic mass is 9.69. The van der Waals surface area contributed by atoms with Crippen LogP contribution in [-0.4, -0.2) is 6.69 Å². The maximum absolute atomic E-state index is 6.28. The van der Waals surface area contributed by atoms with E-state index in [0.29, 0.717) is 5.41 Å². The molecule has 0 aliphatic heterocycles. The van der Waals surface area contributed by atoms with Crippen molar-refractivity contribution >= 4 is 28.9 Å². The Kier molecular flexibility index (Phi) is 2.74. The van der Waals surface area contributed by atoms with E-state index < -0.39 is 6.69 Å². The third-order valence-electron chi connectivity index (χ3n) is 4.63. The van der Waals surface area contributed by atoms with Gasteiger partial charge < -0.3 is 0 Å². The van der Waals surface area contributed by atoms with Crippen molar-refractivity contribution in [2.75, 3.05) is 0 Å². The third kappa shape index (κ3) is 1.88. The van der Waals surface area contributed by atoms with E-state index in [0.717, 1.165) is 23.8 Å². The lowest BCUT2D eigenvalue weighted by Gasteiger charge is -2.39. The van der Waals surface area contributed by atoms with Gasteiger partial charge >= 0.3 is 0 Å². The zero-order valence-electron chi connectivity index (χ0n) is 9.32. The van der Waals surface area contributed by atoms with E-state index in [4.69, 9.17) is 22.2 Å². The summed E-state index contributed by atoms with van der Waals surface area (Å²) in [5.74, 6) is 2.68. The summed E-state index contributed by atoms with van der Waals surface area (Å²) in [6.07, 6.45) is 4.31. The van der Waals surface area contributed by atoms with Crippen LogP contribution in [0, 0.1) is 23.2 Å². The maximum Gasteiger partial charge on any atom is 0.248 e. The van der Waals surface area contributed by atoms with Gasteiger partial charge in [0.05, 0.1) is 0 Å². The zero-order chi connectivity index (χ0) is 10.6. The summed E-state index contributed by atoms with van der Waals surface area (Å²) in [6, 6.07) is 1.10. The lowest BCUT2D eigenvalue weighted by molar-refractivity contribution is 0.137. The predicted molar refractivity (Wildman–Crippen MR) is 66.2 cm³/mol. The molecule has 82 valence electrons. The van der Waals surface area contributed by atoms with Crippen molar-refractivity contribution in [2.24, 2.45) is 23.2 Å². The first-order valence-corrected chi connectivity index (χ1v) is 10.4. The molecule has 2 fully saturated rings. The van der Waals surface area contributed by atoms with E-state index in [2.05, 4.69) is 20.4 Å². The fraction of sp³-hybridized carbons (Fsp3) is 1.00. The highest BCUT2D eigenvalue weighted by molar-refractivity contribution is 7.44. The Morgan fingerprint density at radius 3 is 2.36 bits per heavy atom. The minimum Gasteiger partial charge on any atom is -0.146 e. The smallest absolute Gasteiger partial charge is 0.146 e. The van der Waals surface area contributed by atoms with E-state index in [9.17, 15) is 0 Å². The van der Waals surface area contributed by atoms with Crippen LogP contribution in [0.3, 0.4) is 0 Å². The molecular weight excluding hydrogens is 231 g/mol. The molecule has 2 aliphatic carbocycles. The second kappa shape index (κ2) is 3.40. The SMILES string of the molecule is CC1(C)[C@@H]2CC[C@@H](C2)[C@H]1C[Si](C)(Cl)Cl. The summed E-state index contributed by atoms with van der Waals surface area (Å²) in [6.45, 7) is 5.02. The van der Waals surface area contributed by atoms with Gasteiger partial charge in [-0.05, 0) is 55.0 Å². The summed E-state index contributed by atoms with van der Waals surface area (Å²) in [5.41, 5.74) is 0.501. The monoisotopic (exact) mass is 250 g/mol. The van der Waals surface area contributed by atoms with E-state index in [1.165, 1.54) is 19.3 Å². The molecule has 2 saturated carbocycles. The molecule has 0 aromatic carbocycles. The molecule has 2 aliphatic rings. The summed E-state index contributed by atoms with van der Waals surface area (Å²) in [4.78, 5) is 0. The van der Waals surface area contributed by atoms with Gasteiger partial charge in [-0.3, -0.25) is 0 Å². The highest BCUT2D eigenvalue weighted by Crippen LogP contribution is 2.61. The van der Waals surface area contributed by atoms with Crippen molar-refractivity contribution in [3.8, 4) is 0 Å². The van der Waals surface area contributed by atoms with E-state index in [1.54, 1.807) is 0 Å². The first kappa shape index (κ1) is 11.3. The molecule has 3 heteroatoms. The van der Waals surface area contributed by atoms with Gasteiger partial charge in [0.15, 0.2) is 0 Å². The Morgan fingerprint density at radius 1 is 1.29 bits per heavy atom. The fourth-order valence-electron chi connectivity index (χ4n) is 3.78. The van der Waals surface area contributed by atoms with Gasteiger partial charge in [0, 0.05) is 0 Å². The second-order valence-corrected chi connectivity index (χ2v) is 14.1. The average Bonchev–Trinajstić information content (AvgIpc) is 2.51.